The van der Waals surface area contributed by atoms with Gasteiger partial charge in [0, 0.05) is 41.9 Å². The summed E-state index contributed by atoms with van der Waals surface area (Å²) in [6.07, 6.45) is 9.29. The fourth-order valence-electron chi connectivity index (χ4n) is 3.14. The summed E-state index contributed by atoms with van der Waals surface area (Å²) >= 11 is 0. The van der Waals surface area contributed by atoms with E-state index in [0.29, 0.717) is 25.5 Å². The molecule has 0 fully saturated rings. The first-order valence-corrected chi connectivity index (χ1v) is 11.2. The van der Waals surface area contributed by atoms with E-state index in [-0.39, 0.29) is 17.8 Å². The molecule has 5 rings (SSSR count). The predicted molar refractivity (Wildman–Crippen MR) is 132 cm³/mol. The van der Waals surface area contributed by atoms with Gasteiger partial charge in [0.2, 0.25) is 5.91 Å². The first kappa shape index (κ1) is 26.5. The van der Waals surface area contributed by atoms with Gasteiger partial charge in [0.05, 0.1) is 0 Å². The Bertz CT molecular complexity index is 972. The molecule has 4 aliphatic rings. The number of anilines is 1. The third kappa shape index (κ3) is 7.99. The molecule has 0 spiro atoms. The minimum Gasteiger partial charge on any atom is -0.458 e. The van der Waals surface area contributed by atoms with Crippen LogP contribution in [0.15, 0.2) is 76.9 Å². The zero-order valence-corrected chi connectivity index (χ0v) is 20.2. The SMILES string of the molecule is CC1=CCCC1=O.CC1=CCN(c2ccccc2)C1=O.CC1=CCNC1=O.CC1=CCOC1=O. The van der Waals surface area contributed by atoms with Crippen molar-refractivity contribution in [3.05, 3.63) is 76.9 Å². The summed E-state index contributed by atoms with van der Waals surface area (Å²) in [4.78, 5) is 44.5. The number of ether oxygens (including phenoxy) is 1. The van der Waals surface area contributed by atoms with Gasteiger partial charge in [-0.05, 0) is 57.9 Å². The van der Waals surface area contributed by atoms with E-state index >= 15 is 0 Å². The van der Waals surface area contributed by atoms with Gasteiger partial charge < -0.3 is 15.0 Å². The molecule has 0 saturated carbocycles. The largest absolute Gasteiger partial charge is 0.458 e. The molecule has 2 amide bonds. The second-order valence-electron chi connectivity index (χ2n) is 8.07. The molecule has 3 heterocycles. The van der Waals surface area contributed by atoms with E-state index in [9.17, 15) is 19.2 Å². The lowest BCUT2D eigenvalue weighted by Crippen LogP contribution is -2.25. The van der Waals surface area contributed by atoms with E-state index in [2.05, 4.69) is 10.1 Å². The van der Waals surface area contributed by atoms with Crippen LogP contribution < -0.4 is 10.2 Å². The van der Waals surface area contributed by atoms with E-state index in [4.69, 9.17) is 0 Å². The van der Waals surface area contributed by atoms with Crippen LogP contribution in [-0.4, -0.2) is 43.3 Å². The molecular weight excluding hydrogens is 432 g/mol. The minimum atomic E-state index is -0.181. The number of esters is 1. The van der Waals surface area contributed by atoms with Crippen molar-refractivity contribution in [2.45, 2.75) is 40.5 Å². The lowest BCUT2D eigenvalue weighted by Gasteiger charge is -2.15. The number of carbonyl (C=O) groups is 4. The van der Waals surface area contributed by atoms with E-state index in [1.165, 1.54) is 0 Å². The molecule has 1 aromatic rings. The summed E-state index contributed by atoms with van der Waals surface area (Å²) in [5.74, 6) is 0.325. The van der Waals surface area contributed by atoms with Crippen LogP contribution in [-0.2, 0) is 23.9 Å². The summed E-state index contributed by atoms with van der Waals surface area (Å²) in [5, 5.41) is 2.64. The van der Waals surface area contributed by atoms with Crippen LogP contribution in [0.1, 0.15) is 40.5 Å². The summed E-state index contributed by atoms with van der Waals surface area (Å²) in [5.41, 5.74) is 4.31. The van der Waals surface area contributed by atoms with Crippen LogP contribution in [0.3, 0.4) is 0 Å². The number of para-hydroxylation sites is 1. The molecule has 7 nitrogen and oxygen atoms in total. The van der Waals surface area contributed by atoms with E-state index in [0.717, 1.165) is 40.8 Å². The van der Waals surface area contributed by atoms with Crippen molar-refractivity contribution in [2.75, 3.05) is 24.6 Å². The predicted octanol–water partition coefficient (Wildman–Crippen LogP) is 3.83. The number of amides is 2. The lowest BCUT2D eigenvalue weighted by molar-refractivity contribution is -0.135. The third-order valence-electron chi connectivity index (χ3n) is 5.45. The normalized spacial score (nSPS) is 18.2. The van der Waals surface area contributed by atoms with Gasteiger partial charge in [-0.25, -0.2) is 4.79 Å². The number of Topliss-reactive ketones (excluding diaryl/α,β-unsaturated/α-hetero) is 1. The molecule has 1 aliphatic carbocycles. The number of nitrogens with one attached hydrogen (secondary N) is 1. The maximum absolute atomic E-state index is 11.6. The van der Waals surface area contributed by atoms with Crippen molar-refractivity contribution in [3.8, 4) is 0 Å². The number of benzene rings is 1. The Morgan fingerprint density at radius 2 is 1.50 bits per heavy atom. The van der Waals surface area contributed by atoms with Crippen LogP contribution in [0.4, 0.5) is 5.69 Å². The van der Waals surface area contributed by atoms with Crippen molar-refractivity contribution < 1.29 is 23.9 Å². The smallest absolute Gasteiger partial charge is 0.333 e. The fraction of sp³-hybridized carbons (Fsp3) is 0.333. The molecule has 0 aromatic heterocycles. The minimum absolute atomic E-state index is 0.0694. The maximum Gasteiger partial charge on any atom is 0.333 e. The number of rotatable bonds is 1. The Morgan fingerprint density at radius 1 is 0.794 bits per heavy atom. The van der Waals surface area contributed by atoms with E-state index < -0.39 is 0 Å². The molecule has 0 unspecified atom stereocenters. The average molecular weight is 465 g/mol. The highest BCUT2D eigenvalue weighted by Crippen LogP contribution is 2.20. The second-order valence-corrected chi connectivity index (χ2v) is 8.07. The molecule has 34 heavy (non-hydrogen) atoms. The molecular formula is C27H32N2O5. The van der Waals surface area contributed by atoms with Crippen molar-refractivity contribution in [2.24, 2.45) is 0 Å². The molecule has 0 atom stereocenters. The number of carbonyl (C=O) groups excluding carboxylic acids is 4. The summed E-state index contributed by atoms with van der Waals surface area (Å²) in [7, 11) is 0. The summed E-state index contributed by atoms with van der Waals surface area (Å²) in [6.45, 7) is 9.16. The number of allylic oxidation sites excluding steroid dienone is 2. The topological polar surface area (TPSA) is 92.8 Å². The van der Waals surface area contributed by atoms with E-state index in [1.54, 1.807) is 17.9 Å². The molecule has 180 valence electrons. The number of cyclic esters (lactones) is 1. The zero-order chi connectivity index (χ0) is 25.1. The van der Waals surface area contributed by atoms with Gasteiger partial charge in [0.15, 0.2) is 5.78 Å². The van der Waals surface area contributed by atoms with Crippen LogP contribution >= 0.6 is 0 Å². The van der Waals surface area contributed by atoms with Gasteiger partial charge in [-0.3, -0.25) is 14.4 Å². The molecule has 1 N–H and O–H groups in total. The quantitative estimate of drug-likeness (QED) is 0.638. The van der Waals surface area contributed by atoms with Crippen LogP contribution in [0.25, 0.3) is 0 Å². The Hall–Kier alpha value is -3.74. The highest BCUT2D eigenvalue weighted by molar-refractivity contribution is 6.07. The summed E-state index contributed by atoms with van der Waals surface area (Å²) in [6, 6.07) is 9.73. The van der Waals surface area contributed by atoms with Gasteiger partial charge in [0.1, 0.15) is 6.61 Å². The lowest BCUT2D eigenvalue weighted by atomic mass is 10.2. The van der Waals surface area contributed by atoms with Gasteiger partial charge in [0.25, 0.3) is 5.91 Å². The second kappa shape index (κ2) is 13.1. The van der Waals surface area contributed by atoms with Crippen molar-refractivity contribution in [1.82, 2.24) is 5.32 Å². The van der Waals surface area contributed by atoms with Crippen LogP contribution in [0, 0.1) is 0 Å². The monoisotopic (exact) mass is 464 g/mol. The first-order valence-electron chi connectivity index (χ1n) is 11.2. The molecule has 3 aliphatic heterocycles. The van der Waals surface area contributed by atoms with Gasteiger partial charge >= 0.3 is 5.97 Å². The number of ketones is 1. The van der Waals surface area contributed by atoms with Gasteiger partial charge in [-0.2, -0.15) is 0 Å². The Kier molecular flexibility index (Phi) is 10.2. The number of nitrogens with zero attached hydrogens (tertiary/aromatic N) is 1. The van der Waals surface area contributed by atoms with Crippen LogP contribution in [0.5, 0.6) is 0 Å². The maximum atomic E-state index is 11.6. The zero-order valence-electron chi connectivity index (χ0n) is 20.2. The van der Waals surface area contributed by atoms with E-state index in [1.807, 2.05) is 69.3 Å². The average Bonchev–Trinajstić information content (AvgIpc) is 3.59. The molecule has 0 radical (unpaired) electrons. The standard InChI is InChI=1S/C11H11NO.C6H8O.C5H7NO.C5H6O2/c1-9-7-8-12(11(9)13)10-5-3-2-4-6-10;1-5-3-2-4-6(5)7;1-4-2-3-6-5(4)7;1-4-2-3-7-5(4)6/h2-7H,8H2,1H3;3H,2,4H2,1H3;2H,3H2,1H3,(H,6,7);2H,3H2,1H3. The first-order chi connectivity index (χ1) is 16.2. The molecule has 7 heteroatoms. The van der Waals surface area contributed by atoms with Gasteiger partial charge in [-0.15, -0.1) is 0 Å². The highest BCUT2D eigenvalue weighted by Gasteiger charge is 2.21. The summed E-state index contributed by atoms with van der Waals surface area (Å²) < 4.78 is 4.53. The Morgan fingerprint density at radius 3 is 1.79 bits per heavy atom. The van der Waals surface area contributed by atoms with Crippen molar-refractivity contribution >= 4 is 29.3 Å². The Balaban J connectivity index is 0.000000169. The number of hydrogen-bond acceptors (Lipinski definition) is 5. The Labute approximate surface area is 200 Å². The van der Waals surface area contributed by atoms with Gasteiger partial charge in [-0.1, -0.05) is 36.4 Å². The molecule has 0 saturated heterocycles. The highest BCUT2D eigenvalue weighted by atomic mass is 16.5. The molecule has 1 aromatic carbocycles. The fourth-order valence-corrected chi connectivity index (χ4v) is 3.14. The molecule has 0 bridgehead atoms. The third-order valence-corrected chi connectivity index (χ3v) is 5.45. The van der Waals surface area contributed by atoms with Crippen molar-refractivity contribution in [3.63, 3.8) is 0 Å². The van der Waals surface area contributed by atoms with Crippen LogP contribution in [0.2, 0.25) is 0 Å². The van der Waals surface area contributed by atoms with Crippen molar-refractivity contribution in [1.29, 1.82) is 0 Å². The number of hydrogen-bond donors (Lipinski definition) is 1.